The van der Waals surface area contributed by atoms with Crippen LogP contribution in [-0.2, 0) is 6.42 Å². The van der Waals surface area contributed by atoms with Crippen molar-refractivity contribution < 1.29 is 9.84 Å². The third kappa shape index (κ3) is 2.44. The van der Waals surface area contributed by atoms with Crippen LogP contribution in [0.2, 0.25) is 0 Å². The maximum absolute atomic E-state index is 10.4. The number of aryl methyl sites for hydroxylation is 1. The van der Waals surface area contributed by atoms with Gasteiger partial charge in [-0.1, -0.05) is 37.3 Å². The summed E-state index contributed by atoms with van der Waals surface area (Å²) in [4.78, 5) is 0. The van der Waals surface area contributed by atoms with Crippen molar-refractivity contribution >= 4 is 0 Å². The van der Waals surface area contributed by atoms with Crippen LogP contribution in [0.4, 0.5) is 0 Å². The van der Waals surface area contributed by atoms with Crippen molar-refractivity contribution in [1.29, 1.82) is 0 Å². The Hall–Kier alpha value is -2.75. The molecule has 1 aromatic heterocycles. The molecule has 4 heteroatoms. The Morgan fingerprint density at radius 1 is 1.14 bits per heavy atom. The molecule has 0 saturated heterocycles. The fraction of sp³-hybridized carbons (Fsp3) is 0.167. The minimum atomic E-state index is 0.165. The summed E-state index contributed by atoms with van der Waals surface area (Å²) >= 11 is 0. The summed E-state index contributed by atoms with van der Waals surface area (Å²) < 4.78 is 5.32. The van der Waals surface area contributed by atoms with Crippen LogP contribution in [0.25, 0.3) is 22.4 Å². The number of nitrogens with one attached hydrogen (secondary N) is 1. The molecule has 2 aromatic carbocycles. The van der Waals surface area contributed by atoms with Crippen molar-refractivity contribution in [2.24, 2.45) is 0 Å². The Morgan fingerprint density at radius 2 is 1.91 bits per heavy atom. The molecule has 22 heavy (non-hydrogen) atoms. The van der Waals surface area contributed by atoms with Crippen LogP contribution in [0.15, 0.2) is 48.7 Å². The topological polar surface area (TPSA) is 58.1 Å². The first-order chi connectivity index (χ1) is 10.7. The zero-order valence-electron chi connectivity index (χ0n) is 12.6. The molecule has 3 aromatic rings. The van der Waals surface area contributed by atoms with Gasteiger partial charge in [0, 0.05) is 23.4 Å². The minimum Gasteiger partial charge on any atom is -0.507 e. The molecular weight excluding hydrogens is 276 g/mol. The Bertz CT molecular complexity index is 779. The minimum absolute atomic E-state index is 0.165. The van der Waals surface area contributed by atoms with Crippen molar-refractivity contribution in [2.75, 3.05) is 7.11 Å². The molecule has 112 valence electrons. The maximum Gasteiger partial charge on any atom is 0.128 e. The average Bonchev–Trinajstić information content (AvgIpc) is 3.04. The van der Waals surface area contributed by atoms with Crippen LogP contribution in [0.1, 0.15) is 12.5 Å². The number of hydrogen-bond acceptors (Lipinski definition) is 3. The van der Waals surface area contributed by atoms with E-state index in [9.17, 15) is 5.11 Å². The number of aromatic hydroxyl groups is 1. The van der Waals surface area contributed by atoms with E-state index in [4.69, 9.17) is 4.74 Å². The molecule has 4 nitrogen and oxygen atoms in total. The fourth-order valence-electron chi connectivity index (χ4n) is 2.60. The number of aromatic amines is 1. The van der Waals surface area contributed by atoms with E-state index in [0.29, 0.717) is 11.3 Å². The Kier molecular flexibility index (Phi) is 3.83. The van der Waals surface area contributed by atoms with E-state index in [1.54, 1.807) is 13.2 Å². The highest BCUT2D eigenvalue weighted by molar-refractivity contribution is 5.83. The predicted octanol–water partition coefficient (Wildman–Crippen LogP) is 4.02. The van der Waals surface area contributed by atoms with Gasteiger partial charge in [0.15, 0.2) is 0 Å². The first kappa shape index (κ1) is 14.2. The number of phenolic OH excluding ortho intramolecular Hbond substituents is 1. The van der Waals surface area contributed by atoms with Gasteiger partial charge in [0.25, 0.3) is 0 Å². The van der Waals surface area contributed by atoms with Crippen LogP contribution < -0.4 is 4.74 Å². The van der Waals surface area contributed by atoms with Gasteiger partial charge in [-0.25, -0.2) is 0 Å². The quantitative estimate of drug-likeness (QED) is 0.764. The molecule has 3 rings (SSSR count). The van der Waals surface area contributed by atoms with Crippen LogP contribution in [0.3, 0.4) is 0 Å². The van der Waals surface area contributed by atoms with E-state index in [2.05, 4.69) is 17.1 Å². The molecular formula is C18H18N2O2. The van der Waals surface area contributed by atoms with Crippen LogP contribution in [-0.4, -0.2) is 22.4 Å². The second kappa shape index (κ2) is 5.93. The van der Waals surface area contributed by atoms with Crippen LogP contribution in [0, 0.1) is 0 Å². The first-order valence-electron chi connectivity index (χ1n) is 7.24. The van der Waals surface area contributed by atoms with Crippen LogP contribution >= 0.6 is 0 Å². The molecule has 0 bridgehead atoms. The molecule has 2 N–H and O–H groups in total. The average molecular weight is 294 g/mol. The number of aromatic nitrogens is 2. The number of benzene rings is 2. The van der Waals surface area contributed by atoms with E-state index >= 15 is 0 Å². The van der Waals surface area contributed by atoms with Gasteiger partial charge >= 0.3 is 0 Å². The smallest absolute Gasteiger partial charge is 0.128 e. The summed E-state index contributed by atoms with van der Waals surface area (Å²) in [6, 6.07) is 13.6. The van der Waals surface area contributed by atoms with Crippen molar-refractivity contribution in [1.82, 2.24) is 10.2 Å². The number of methoxy groups -OCH3 is 1. The molecule has 0 aliphatic rings. The molecule has 0 aliphatic heterocycles. The lowest BCUT2D eigenvalue weighted by atomic mass is 9.98. The summed E-state index contributed by atoms with van der Waals surface area (Å²) in [5.74, 6) is 0.860. The van der Waals surface area contributed by atoms with Gasteiger partial charge in [0.1, 0.15) is 17.2 Å². The van der Waals surface area contributed by atoms with Gasteiger partial charge in [-0.05, 0) is 23.6 Å². The molecule has 0 spiro atoms. The van der Waals surface area contributed by atoms with Gasteiger partial charge in [0.2, 0.25) is 0 Å². The number of phenols is 1. The Morgan fingerprint density at radius 3 is 2.59 bits per heavy atom. The largest absolute Gasteiger partial charge is 0.507 e. The second-order valence-corrected chi connectivity index (χ2v) is 5.05. The summed E-state index contributed by atoms with van der Waals surface area (Å²) in [5, 5.41) is 17.6. The number of ether oxygens (including phenoxy) is 1. The molecule has 0 unspecified atom stereocenters. The number of hydrogen-bond donors (Lipinski definition) is 2. The van der Waals surface area contributed by atoms with Gasteiger partial charge in [0.05, 0.1) is 7.11 Å². The zero-order valence-corrected chi connectivity index (χ0v) is 12.6. The zero-order chi connectivity index (χ0) is 15.5. The third-order valence-electron chi connectivity index (χ3n) is 3.76. The fourth-order valence-corrected chi connectivity index (χ4v) is 2.60. The lowest BCUT2D eigenvalue weighted by Gasteiger charge is -2.11. The number of H-pyrrole nitrogens is 1. The normalized spacial score (nSPS) is 10.6. The lowest BCUT2D eigenvalue weighted by Crippen LogP contribution is -1.93. The summed E-state index contributed by atoms with van der Waals surface area (Å²) in [6.07, 6.45) is 2.67. The van der Waals surface area contributed by atoms with Crippen molar-refractivity contribution in [3.63, 3.8) is 0 Å². The molecule has 0 amide bonds. The molecule has 0 radical (unpaired) electrons. The predicted molar refractivity (Wildman–Crippen MR) is 87.1 cm³/mol. The first-order valence-corrected chi connectivity index (χ1v) is 7.24. The Balaban J connectivity index is 2.15. The lowest BCUT2D eigenvalue weighted by molar-refractivity contribution is 0.403. The van der Waals surface area contributed by atoms with Gasteiger partial charge in [-0.2, -0.15) is 5.10 Å². The van der Waals surface area contributed by atoms with E-state index in [-0.39, 0.29) is 5.75 Å². The third-order valence-corrected chi connectivity index (χ3v) is 3.76. The highest BCUT2D eigenvalue weighted by Crippen LogP contribution is 2.38. The van der Waals surface area contributed by atoms with Crippen molar-refractivity contribution in [3.8, 4) is 33.9 Å². The van der Waals surface area contributed by atoms with Crippen molar-refractivity contribution in [2.45, 2.75) is 13.3 Å². The van der Waals surface area contributed by atoms with Gasteiger partial charge in [-0.15, -0.1) is 0 Å². The van der Waals surface area contributed by atoms with Crippen LogP contribution in [0.5, 0.6) is 11.5 Å². The molecule has 0 aliphatic carbocycles. The van der Waals surface area contributed by atoms with Crippen molar-refractivity contribution in [3.05, 3.63) is 54.2 Å². The molecule has 1 heterocycles. The Labute approximate surface area is 129 Å². The molecule has 0 saturated carbocycles. The number of rotatable bonds is 4. The van der Waals surface area contributed by atoms with E-state index < -0.39 is 0 Å². The summed E-state index contributed by atoms with van der Waals surface area (Å²) in [5.41, 5.74) is 4.50. The van der Waals surface area contributed by atoms with E-state index in [0.717, 1.165) is 28.8 Å². The SMILES string of the molecule is CCc1cc(-c2n[nH]cc2-c2ccccc2)c(O)cc1OC. The standard InChI is InChI=1S/C18H18N2O2/c1-3-12-9-14(16(21)10-17(12)22-2)18-15(11-19-20-18)13-7-5-4-6-8-13/h4-11,21H,3H2,1-2H3,(H,19,20). The highest BCUT2D eigenvalue weighted by Gasteiger charge is 2.16. The molecule has 0 atom stereocenters. The highest BCUT2D eigenvalue weighted by atomic mass is 16.5. The molecule has 0 fully saturated rings. The van der Waals surface area contributed by atoms with Gasteiger partial charge < -0.3 is 9.84 Å². The monoisotopic (exact) mass is 294 g/mol. The van der Waals surface area contributed by atoms with E-state index in [1.165, 1.54) is 0 Å². The second-order valence-electron chi connectivity index (χ2n) is 5.05. The maximum atomic E-state index is 10.4. The summed E-state index contributed by atoms with van der Waals surface area (Å²) in [7, 11) is 1.61. The number of nitrogens with zero attached hydrogens (tertiary/aromatic N) is 1. The van der Waals surface area contributed by atoms with Gasteiger partial charge in [-0.3, -0.25) is 5.10 Å². The van der Waals surface area contributed by atoms with E-state index in [1.807, 2.05) is 42.6 Å². The summed E-state index contributed by atoms with van der Waals surface area (Å²) in [6.45, 7) is 2.06.